The summed E-state index contributed by atoms with van der Waals surface area (Å²) in [6.07, 6.45) is 2.67. The van der Waals surface area contributed by atoms with Gasteiger partial charge in [0.25, 0.3) is 0 Å². The summed E-state index contributed by atoms with van der Waals surface area (Å²) in [6, 6.07) is 1.46. The quantitative estimate of drug-likeness (QED) is 0.631. The third-order valence-corrected chi connectivity index (χ3v) is 4.54. The lowest BCUT2D eigenvalue weighted by molar-refractivity contribution is 0.260. The van der Waals surface area contributed by atoms with Crippen molar-refractivity contribution >= 4 is 21.6 Å². The Balaban J connectivity index is 3.17. The van der Waals surface area contributed by atoms with E-state index in [1.165, 1.54) is 18.3 Å². The average Bonchev–Trinajstić information content (AvgIpc) is 2.32. The highest BCUT2D eigenvalue weighted by molar-refractivity contribution is 7.89. The highest BCUT2D eigenvalue weighted by Gasteiger charge is 2.23. The van der Waals surface area contributed by atoms with Gasteiger partial charge in [-0.3, -0.25) is 0 Å². The molecule has 0 atom stereocenters. The topological polar surface area (TPSA) is 70.5 Å². The minimum Gasteiger partial charge on any atom is -0.395 e. The minimum absolute atomic E-state index is 0.00995. The van der Waals surface area contributed by atoms with Crippen molar-refractivity contribution in [3.63, 3.8) is 0 Å². The lowest BCUT2D eigenvalue weighted by Crippen LogP contribution is -2.33. The number of aliphatic hydroxyl groups is 1. The van der Waals surface area contributed by atoms with E-state index in [4.69, 9.17) is 16.7 Å². The Morgan fingerprint density at radius 3 is 2.78 bits per heavy atom. The van der Waals surface area contributed by atoms with Crippen LogP contribution in [0.1, 0.15) is 5.56 Å². The summed E-state index contributed by atoms with van der Waals surface area (Å²) < 4.78 is 25.6. The van der Waals surface area contributed by atoms with Crippen molar-refractivity contribution in [2.45, 2.75) is 11.8 Å². The van der Waals surface area contributed by atoms with Crippen LogP contribution in [0.5, 0.6) is 0 Å². The van der Waals surface area contributed by atoms with Crippen molar-refractivity contribution in [3.05, 3.63) is 35.6 Å². The zero-order valence-corrected chi connectivity index (χ0v) is 11.6. The summed E-state index contributed by atoms with van der Waals surface area (Å²) in [4.78, 5) is 3.87. The van der Waals surface area contributed by atoms with Crippen LogP contribution >= 0.6 is 11.6 Å². The van der Waals surface area contributed by atoms with Gasteiger partial charge in [0.2, 0.25) is 10.0 Å². The fraction of sp³-hybridized carbons (Fsp3) is 0.364. The van der Waals surface area contributed by atoms with Gasteiger partial charge in [0.15, 0.2) is 0 Å². The first-order valence-corrected chi connectivity index (χ1v) is 7.09. The molecule has 0 aromatic carbocycles. The van der Waals surface area contributed by atoms with Gasteiger partial charge in [-0.25, -0.2) is 13.4 Å². The number of hydrogen-bond donors (Lipinski definition) is 1. The van der Waals surface area contributed by atoms with Crippen LogP contribution in [-0.4, -0.2) is 42.5 Å². The maximum Gasteiger partial charge on any atom is 0.244 e. The number of sulfonamides is 1. The van der Waals surface area contributed by atoms with E-state index in [-0.39, 0.29) is 29.7 Å². The van der Waals surface area contributed by atoms with E-state index in [9.17, 15) is 8.42 Å². The molecule has 0 saturated heterocycles. The molecule has 0 saturated carbocycles. The molecule has 0 spiro atoms. The summed E-state index contributed by atoms with van der Waals surface area (Å²) in [5, 5.41) is 9.16. The number of aromatic nitrogens is 1. The van der Waals surface area contributed by atoms with Gasteiger partial charge in [-0.15, -0.1) is 6.58 Å². The second-order valence-corrected chi connectivity index (χ2v) is 5.95. The first kappa shape index (κ1) is 15.1. The molecule has 0 amide bonds. The molecule has 0 fully saturated rings. The Kier molecular flexibility index (Phi) is 5.28. The lowest BCUT2D eigenvalue weighted by Gasteiger charge is -2.19. The van der Waals surface area contributed by atoms with Crippen LogP contribution in [0.4, 0.5) is 0 Å². The van der Waals surface area contributed by atoms with Gasteiger partial charge in [0, 0.05) is 19.3 Å². The molecule has 0 unspecified atom stereocenters. The number of halogens is 1. The fourth-order valence-corrected chi connectivity index (χ4v) is 2.92. The van der Waals surface area contributed by atoms with E-state index >= 15 is 0 Å². The first-order chi connectivity index (χ1) is 8.43. The number of aliphatic hydroxyl groups excluding tert-OH is 1. The molecule has 18 heavy (non-hydrogen) atoms. The van der Waals surface area contributed by atoms with Crippen LogP contribution < -0.4 is 0 Å². The van der Waals surface area contributed by atoms with E-state index in [1.807, 2.05) is 0 Å². The normalized spacial score (nSPS) is 11.8. The third kappa shape index (κ3) is 3.29. The second kappa shape index (κ2) is 6.29. The number of aryl methyl sites for hydroxylation is 1. The molecule has 0 bridgehead atoms. The Labute approximate surface area is 112 Å². The van der Waals surface area contributed by atoms with E-state index in [0.29, 0.717) is 5.56 Å². The maximum atomic E-state index is 12.3. The van der Waals surface area contributed by atoms with E-state index in [1.54, 1.807) is 6.92 Å². The lowest BCUT2D eigenvalue weighted by atomic mass is 10.3. The van der Waals surface area contributed by atoms with Crippen molar-refractivity contribution in [3.8, 4) is 0 Å². The molecular weight excluding hydrogens is 276 g/mol. The van der Waals surface area contributed by atoms with Crippen molar-refractivity contribution in [1.82, 2.24) is 9.29 Å². The molecular formula is C11H15ClN2O3S. The number of hydrogen-bond acceptors (Lipinski definition) is 4. The van der Waals surface area contributed by atoms with Gasteiger partial charge >= 0.3 is 0 Å². The van der Waals surface area contributed by atoms with Crippen molar-refractivity contribution in [2.75, 3.05) is 19.7 Å². The standard InChI is InChI=1S/C11H15ClN2O3S/c1-3-4-14(5-6-15)18(16,17)10-7-9(2)11(12)13-8-10/h3,7-8,15H,1,4-6H2,2H3. The summed E-state index contributed by atoms with van der Waals surface area (Å²) in [6.45, 7) is 5.06. The number of rotatable bonds is 6. The Morgan fingerprint density at radius 1 is 1.61 bits per heavy atom. The van der Waals surface area contributed by atoms with Crippen LogP contribution in [-0.2, 0) is 10.0 Å². The van der Waals surface area contributed by atoms with Gasteiger partial charge in [-0.2, -0.15) is 4.31 Å². The Morgan fingerprint density at radius 2 is 2.28 bits per heavy atom. The zero-order chi connectivity index (χ0) is 13.8. The van der Waals surface area contributed by atoms with E-state index in [2.05, 4.69) is 11.6 Å². The molecule has 0 aliphatic carbocycles. The minimum atomic E-state index is -3.68. The number of nitrogens with zero attached hydrogens (tertiary/aromatic N) is 2. The van der Waals surface area contributed by atoms with Crippen molar-refractivity contribution in [1.29, 1.82) is 0 Å². The zero-order valence-electron chi connectivity index (χ0n) is 10.0. The van der Waals surface area contributed by atoms with Gasteiger partial charge in [0.1, 0.15) is 10.0 Å². The molecule has 100 valence electrons. The van der Waals surface area contributed by atoms with Gasteiger partial charge < -0.3 is 5.11 Å². The molecule has 7 heteroatoms. The maximum absolute atomic E-state index is 12.3. The summed E-state index contributed by atoms with van der Waals surface area (Å²) in [7, 11) is -3.68. The largest absolute Gasteiger partial charge is 0.395 e. The summed E-state index contributed by atoms with van der Waals surface area (Å²) in [5.74, 6) is 0. The predicted molar refractivity (Wildman–Crippen MR) is 70.0 cm³/mol. The van der Waals surface area contributed by atoms with Crippen LogP contribution in [0.2, 0.25) is 5.15 Å². The molecule has 0 aliphatic rings. The number of pyridine rings is 1. The Hall–Kier alpha value is -0.950. The van der Waals surface area contributed by atoms with Crippen LogP contribution in [0.25, 0.3) is 0 Å². The van der Waals surface area contributed by atoms with Crippen molar-refractivity contribution < 1.29 is 13.5 Å². The van der Waals surface area contributed by atoms with Gasteiger partial charge in [-0.1, -0.05) is 17.7 Å². The van der Waals surface area contributed by atoms with Crippen LogP contribution in [0.15, 0.2) is 29.8 Å². The van der Waals surface area contributed by atoms with Gasteiger partial charge in [-0.05, 0) is 18.6 Å². The predicted octanol–water partition coefficient (Wildman–Crippen LogP) is 1.21. The first-order valence-electron chi connectivity index (χ1n) is 5.27. The molecule has 5 nitrogen and oxygen atoms in total. The highest BCUT2D eigenvalue weighted by Crippen LogP contribution is 2.19. The summed E-state index contributed by atoms with van der Waals surface area (Å²) >= 11 is 5.76. The molecule has 0 radical (unpaired) electrons. The molecule has 1 aromatic heterocycles. The van der Waals surface area contributed by atoms with Crippen molar-refractivity contribution in [2.24, 2.45) is 0 Å². The molecule has 1 aromatic rings. The SMILES string of the molecule is C=CCN(CCO)S(=O)(=O)c1cnc(Cl)c(C)c1. The smallest absolute Gasteiger partial charge is 0.244 e. The molecule has 1 N–H and O–H groups in total. The highest BCUT2D eigenvalue weighted by atomic mass is 35.5. The molecule has 0 aliphatic heterocycles. The molecule has 1 heterocycles. The third-order valence-electron chi connectivity index (χ3n) is 2.31. The average molecular weight is 291 g/mol. The van der Waals surface area contributed by atoms with Crippen LogP contribution in [0.3, 0.4) is 0 Å². The summed E-state index contributed by atoms with van der Waals surface area (Å²) in [5.41, 5.74) is 0.584. The fourth-order valence-electron chi connectivity index (χ4n) is 1.39. The second-order valence-electron chi connectivity index (χ2n) is 3.65. The molecule has 1 rings (SSSR count). The van der Waals surface area contributed by atoms with Gasteiger partial charge in [0.05, 0.1) is 6.61 Å². The van der Waals surface area contributed by atoms with E-state index in [0.717, 1.165) is 4.31 Å². The monoisotopic (exact) mass is 290 g/mol. The van der Waals surface area contributed by atoms with Crippen LogP contribution in [0, 0.1) is 6.92 Å². The Bertz CT molecular complexity index is 531. The van der Waals surface area contributed by atoms with E-state index < -0.39 is 10.0 Å².